The molecular weight excluding hydrogens is 326 g/mol. The van der Waals surface area contributed by atoms with Crippen molar-refractivity contribution in [3.05, 3.63) is 35.4 Å². The van der Waals surface area contributed by atoms with Gasteiger partial charge in [0.2, 0.25) is 5.91 Å². The van der Waals surface area contributed by atoms with Gasteiger partial charge in [0.25, 0.3) is 0 Å². The summed E-state index contributed by atoms with van der Waals surface area (Å²) in [7, 11) is 0. The van der Waals surface area contributed by atoms with Crippen molar-refractivity contribution in [2.24, 2.45) is 0 Å². The molecule has 0 atom stereocenters. The van der Waals surface area contributed by atoms with Gasteiger partial charge in [-0.15, -0.1) is 0 Å². The van der Waals surface area contributed by atoms with E-state index in [-0.39, 0.29) is 6.03 Å². The molecule has 3 fully saturated rings. The molecule has 1 aromatic carbocycles. The molecule has 1 saturated carbocycles. The first kappa shape index (κ1) is 17.4. The Labute approximate surface area is 155 Å². The fourth-order valence-electron chi connectivity index (χ4n) is 4.21. The van der Waals surface area contributed by atoms with Gasteiger partial charge in [-0.1, -0.05) is 24.3 Å². The zero-order chi connectivity index (χ0) is 17.9. The Bertz CT molecular complexity index is 646. The number of hydrogen-bond acceptors (Lipinski definition) is 2. The highest BCUT2D eigenvalue weighted by Gasteiger charge is 2.30. The zero-order valence-electron chi connectivity index (χ0n) is 15.5. The van der Waals surface area contributed by atoms with Crippen molar-refractivity contribution in [2.45, 2.75) is 63.5 Å². The molecule has 0 aromatic heterocycles. The third-order valence-corrected chi connectivity index (χ3v) is 6.02. The Morgan fingerprint density at radius 1 is 1.00 bits per heavy atom. The number of hydrogen-bond donors (Lipinski definition) is 1. The number of nitrogens with zero attached hydrogens (tertiary/aromatic N) is 2. The molecule has 2 aliphatic heterocycles. The van der Waals surface area contributed by atoms with Crippen molar-refractivity contribution < 1.29 is 9.59 Å². The molecule has 0 bridgehead atoms. The van der Waals surface area contributed by atoms with E-state index >= 15 is 0 Å². The number of benzene rings is 1. The van der Waals surface area contributed by atoms with Gasteiger partial charge in [-0.25, -0.2) is 4.79 Å². The van der Waals surface area contributed by atoms with Crippen LogP contribution in [0.5, 0.6) is 0 Å². The lowest BCUT2D eigenvalue weighted by molar-refractivity contribution is -0.136. The van der Waals surface area contributed by atoms with E-state index in [2.05, 4.69) is 34.5 Å². The largest absolute Gasteiger partial charge is 0.340 e. The maximum atomic E-state index is 12.4. The van der Waals surface area contributed by atoms with E-state index in [0.717, 1.165) is 56.8 Å². The van der Waals surface area contributed by atoms with Gasteiger partial charge < -0.3 is 15.1 Å². The number of carbonyl (C=O) groups is 2. The highest BCUT2D eigenvalue weighted by Crippen LogP contribution is 2.39. The fraction of sp³-hybridized carbons (Fsp3) is 0.619. The van der Waals surface area contributed by atoms with Crippen LogP contribution in [-0.2, 0) is 11.3 Å². The second-order valence-electron chi connectivity index (χ2n) is 7.94. The summed E-state index contributed by atoms with van der Waals surface area (Å²) in [4.78, 5) is 28.5. The van der Waals surface area contributed by atoms with Gasteiger partial charge in [0.05, 0.1) is 0 Å². The first-order valence-electron chi connectivity index (χ1n) is 10.1. The molecule has 3 aliphatic rings. The number of nitrogens with one attached hydrogen (secondary N) is 1. The van der Waals surface area contributed by atoms with Crippen LogP contribution >= 0.6 is 0 Å². The molecule has 140 valence electrons. The van der Waals surface area contributed by atoms with Crippen molar-refractivity contribution in [3.63, 3.8) is 0 Å². The summed E-state index contributed by atoms with van der Waals surface area (Å²) in [6.07, 6.45) is 7.26. The molecule has 1 aromatic rings. The number of piperidine rings is 2. The van der Waals surface area contributed by atoms with Crippen molar-refractivity contribution in [2.75, 3.05) is 19.6 Å². The number of urea groups is 1. The molecule has 0 radical (unpaired) electrons. The molecular formula is C21H29N3O2. The normalized spacial score (nSPS) is 21.8. The lowest BCUT2D eigenvalue weighted by Gasteiger charge is -2.40. The van der Waals surface area contributed by atoms with Gasteiger partial charge in [-0.3, -0.25) is 4.79 Å². The molecule has 2 saturated heterocycles. The summed E-state index contributed by atoms with van der Waals surface area (Å²) in [5, 5.41) is 3.04. The number of rotatable bonds is 4. The lowest BCUT2D eigenvalue weighted by atomic mass is 10.00. The molecule has 4 rings (SSSR count). The van der Waals surface area contributed by atoms with Crippen LogP contribution in [0.25, 0.3) is 0 Å². The Balaban J connectivity index is 1.22. The van der Waals surface area contributed by atoms with Crippen LogP contribution in [0.4, 0.5) is 4.79 Å². The third-order valence-electron chi connectivity index (χ3n) is 6.02. The van der Waals surface area contributed by atoms with Crippen molar-refractivity contribution >= 4 is 11.9 Å². The van der Waals surface area contributed by atoms with Gasteiger partial charge >= 0.3 is 6.03 Å². The maximum absolute atomic E-state index is 12.4. The molecule has 0 unspecified atom stereocenters. The zero-order valence-corrected chi connectivity index (χ0v) is 15.5. The number of amides is 3. The number of likely N-dealkylation sites (tertiary alicyclic amines) is 2. The van der Waals surface area contributed by atoms with E-state index in [4.69, 9.17) is 0 Å². The first-order chi connectivity index (χ1) is 12.7. The Morgan fingerprint density at radius 3 is 2.38 bits per heavy atom. The van der Waals surface area contributed by atoms with Gasteiger partial charge in [0.15, 0.2) is 0 Å². The quantitative estimate of drug-likeness (QED) is 0.901. The second-order valence-corrected chi connectivity index (χ2v) is 7.94. The van der Waals surface area contributed by atoms with E-state index < -0.39 is 0 Å². The van der Waals surface area contributed by atoms with Gasteiger partial charge in [0.1, 0.15) is 0 Å². The second kappa shape index (κ2) is 7.68. The predicted molar refractivity (Wildman–Crippen MR) is 101 cm³/mol. The Morgan fingerprint density at radius 2 is 1.73 bits per heavy atom. The van der Waals surface area contributed by atoms with Gasteiger partial charge in [-0.05, 0) is 55.6 Å². The average Bonchev–Trinajstić information content (AvgIpc) is 3.52. The number of carbonyl (C=O) groups excluding carboxylic acids is 2. The summed E-state index contributed by atoms with van der Waals surface area (Å²) >= 11 is 0. The maximum Gasteiger partial charge on any atom is 0.317 e. The fourth-order valence-corrected chi connectivity index (χ4v) is 4.21. The minimum atomic E-state index is 0.0136. The lowest BCUT2D eigenvalue weighted by Crippen LogP contribution is -2.51. The summed E-state index contributed by atoms with van der Waals surface area (Å²) in [6.45, 7) is 2.95. The van der Waals surface area contributed by atoms with E-state index in [9.17, 15) is 9.59 Å². The summed E-state index contributed by atoms with van der Waals surface area (Å²) in [5.41, 5.74) is 2.57. The van der Waals surface area contributed by atoms with Gasteiger partial charge in [-0.2, -0.15) is 0 Å². The molecule has 0 spiro atoms. The smallest absolute Gasteiger partial charge is 0.317 e. The molecule has 1 N–H and O–H groups in total. The van der Waals surface area contributed by atoms with Crippen molar-refractivity contribution in [1.82, 2.24) is 15.1 Å². The highest BCUT2D eigenvalue weighted by molar-refractivity contribution is 5.77. The Hall–Kier alpha value is -2.04. The standard InChI is InChI=1S/C21H29N3O2/c25-20-3-1-2-12-24(20)19-10-13-23(14-11-19)21(26)22-15-16-4-6-17(7-5-16)18-8-9-18/h4-7,18-19H,1-3,8-15H2,(H,22,26). The Kier molecular flexibility index (Phi) is 5.14. The van der Waals surface area contributed by atoms with E-state index in [1.807, 2.05) is 4.90 Å². The van der Waals surface area contributed by atoms with Crippen LogP contribution in [0.1, 0.15) is 62.0 Å². The molecule has 5 nitrogen and oxygen atoms in total. The van der Waals surface area contributed by atoms with Crippen LogP contribution < -0.4 is 5.32 Å². The first-order valence-corrected chi connectivity index (χ1v) is 10.1. The minimum Gasteiger partial charge on any atom is -0.340 e. The molecule has 5 heteroatoms. The summed E-state index contributed by atoms with van der Waals surface area (Å²) in [6, 6.07) is 8.98. The van der Waals surface area contributed by atoms with Crippen molar-refractivity contribution in [3.8, 4) is 0 Å². The van der Waals surface area contributed by atoms with Crippen LogP contribution in [0.2, 0.25) is 0 Å². The topological polar surface area (TPSA) is 52.7 Å². The van der Waals surface area contributed by atoms with Crippen LogP contribution in [0.3, 0.4) is 0 Å². The summed E-state index contributed by atoms with van der Waals surface area (Å²) in [5.74, 6) is 1.07. The van der Waals surface area contributed by atoms with E-state index in [0.29, 0.717) is 24.9 Å². The minimum absolute atomic E-state index is 0.0136. The third kappa shape index (κ3) is 4.02. The van der Waals surface area contributed by atoms with Crippen LogP contribution in [-0.4, -0.2) is 47.4 Å². The monoisotopic (exact) mass is 355 g/mol. The molecule has 3 amide bonds. The summed E-state index contributed by atoms with van der Waals surface area (Å²) < 4.78 is 0. The van der Waals surface area contributed by atoms with Crippen LogP contribution in [0.15, 0.2) is 24.3 Å². The average molecular weight is 355 g/mol. The molecule has 2 heterocycles. The highest BCUT2D eigenvalue weighted by atomic mass is 16.2. The molecule has 26 heavy (non-hydrogen) atoms. The van der Waals surface area contributed by atoms with Gasteiger partial charge in [0, 0.05) is 38.6 Å². The van der Waals surface area contributed by atoms with E-state index in [1.54, 1.807) is 0 Å². The SMILES string of the molecule is O=C(NCc1ccc(C2CC2)cc1)N1CCC(N2CCCCC2=O)CC1. The predicted octanol–water partition coefficient (Wildman–Crippen LogP) is 3.25. The molecule has 1 aliphatic carbocycles. The van der Waals surface area contributed by atoms with Crippen LogP contribution in [0, 0.1) is 0 Å². The van der Waals surface area contributed by atoms with Crippen molar-refractivity contribution in [1.29, 1.82) is 0 Å². The van der Waals surface area contributed by atoms with E-state index in [1.165, 1.54) is 18.4 Å².